The molecule has 3 aromatic rings. The van der Waals surface area contributed by atoms with Gasteiger partial charge in [0.05, 0.1) is 18.6 Å². The van der Waals surface area contributed by atoms with Gasteiger partial charge in [0.15, 0.2) is 6.61 Å². The number of hydrogen-bond donors (Lipinski definition) is 0. The number of carbonyl (C=O) groups excluding carboxylic acids is 1. The molecule has 0 unspecified atom stereocenters. The molecule has 0 aliphatic carbocycles. The number of thiophene rings is 1. The summed E-state index contributed by atoms with van der Waals surface area (Å²) in [6.45, 7) is 0.0563. The molecule has 2 heterocycles. The van der Waals surface area contributed by atoms with Gasteiger partial charge in [0.1, 0.15) is 10.6 Å². The number of tetrazole rings is 1. The molecule has 7 nitrogen and oxygen atoms in total. The predicted molar refractivity (Wildman–Crippen MR) is 98.8 cm³/mol. The van der Waals surface area contributed by atoms with Gasteiger partial charge in [0.2, 0.25) is 5.16 Å². The molecular weight excluding hydrogens is 372 g/mol. The van der Waals surface area contributed by atoms with Gasteiger partial charge in [-0.25, -0.2) is 4.79 Å². The molecule has 0 spiro atoms. The molecule has 0 fully saturated rings. The topological polar surface area (TPSA) is 79.1 Å². The van der Waals surface area contributed by atoms with Crippen molar-refractivity contribution >= 4 is 29.1 Å². The summed E-state index contributed by atoms with van der Waals surface area (Å²) in [5, 5.41) is 14.1. The summed E-state index contributed by atoms with van der Waals surface area (Å²) in [6.07, 6.45) is 0. The van der Waals surface area contributed by atoms with Crippen LogP contribution in [0.3, 0.4) is 0 Å². The Labute approximate surface area is 158 Å². The molecule has 9 heteroatoms. The molecule has 26 heavy (non-hydrogen) atoms. The van der Waals surface area contributed by atoms with Gasteiger partial charge >= 0.3 is 5.97 Å². The first kappa shape index (κ1) is 18.0. The van der Waals surface area contributed by atoms with E-state index in [2.05, 4.69) is 27.4 Å². The molecule has 0 aliphatic rings. The standard InChI is InChI=1S/C17H14N4O3S2/c1-23-14-8-6-13(7-9-14)21-17(18-19-20-21)26-11-3-2-10-24-16(22)15-5-4-12-25-15/h4-9,12H,10-11H2,1H3. The van der Waals surface area contributed by atoms with E-state index in [1.165, 1.54) is 23.1 Å². The van der Waals surface area contributed by atoms with Crippen molar-refractivity contribution in [1.29, 1.82) is 0 Å². The first-order valence-electron chi connectivity index (χ1n) is 7.50. The number of aromatic nitrogens is 4. The van der Waals surface area contributed by atoms with Crippen LogP contribution >= 0.6 is 23.1 Å². The number of methoxy groups -OCH3 is 1. The highest BCUT2D eigenvalue weighted by Gasteiger charge is 2.08. The Bertz CT molecular complexity index is 912. The van der Waals surface area contributed by atoms with Crippen molar-refractivity contribution in [2.24, 2.45) is 0 Å². The third kappa shape index (κ3) is 4.62. The minimum absolute atomic E-state index is 0.0563. The highest BCUT2D eigenvalue weighted by atomic mass is 32.2. The maximum atomic E-state index is 11.6. The number of esters is 1. The predicted octanol–water partition coefficient (Wildman–Crippen LogP) is 2.68. The van der Waals surface area contributed by atoms with E-state index in [1.807, 2.05) is 29.6 Å². The van der Waals surface area contributed by atoms with E-state index < -0.39 is 0 Å². The monoisotopic (exact) mass is 386 g/mol. The number of thioether (sulfide) groups is 1. The first-order valence-corrected chi connectivity index (χ1v) is 9.36. The third-order valence-electron chi connectivity index (χ3n) is 3.15. The normalized spacial score (nSPS) is 10.0. The maximum absolute atomic E-state index is 11.6. The lowest BCUT2D eigenvalue weighted by molar-refractivity contribution is 0.0562. The quantitative estimate of drug-likeness (QED) is 0.366. The Morgan fingerprint density at radius 1 is 1.27 bits per heavy atom. The van der Waals surface area contributed by atoms with Crippen LogP contribution in [0.2, 0.25) is 0 Å². The zero-order valence-electron chi connectivity index (χ0n) is 13.8. The molecule has 3 rings (SSSR count). The van der Waals surface area contributed by atoms with Gasteiger partial charge in [0, 0.05) is 0 Å². The lowest BCUT2D eigenvalue weighted by Gasteiger charge is -2.04. The van der Waals surface area contributed by atoms with E-state index in [0.29, 0.717) is 15.8 Å². The molecule has 0 bridgehead atoms. The summed E-state index contributed by atoms with van der Waals surface area (Å²) in [5.74, 6) is 6.63. The average molecular weight is 386 g/mol. The van der Waals surface area contributed by atoms with Crippen molar-refractivity contribution in [3.05, 3.63) is 46.7 Å². The highest BCUT2D eigenvalue weighted by molar-refractivity contribution is 7.99. The largest absolute Gasteiger partial charge is 0.497 e. The molecular formula is C17H14N4O3S2. The zero-order valence-corrected chi connectivity index (χ0v) is 15.4. The third-order valence-corrected chi connectivity index (χ3v) is 4.81. The number of hydrogen-bond acceptors (Lipinski definition) is 8. The van der Waals surface area contributed by atoms with Crippen LogP contribution in [0.25, 0.3) is 5.69 Å². The summed E-state index contributed by atoms with van der Waals surface area (Å²) in [4.78, 5) is 12.2. The number of benzene rings is 1. The van der Waals surface area contributed by atoms with Crippen LogP contribution in [0.4, 0.5) is 0 Å². The van der Waals surface area contributed by atoms with Crippen LogP contribution in [0, 0.1) is 11.8 Å². The number of nitrogens with zero attached hydrogens (tertiary/aromatic N) is 4. The Morgan fingerprint density at radius 2 is 2.12 bits per heavy atom. The molecule has 0 amide bonds. The highest BCUT2D eigenvalue weighted by Crippen LogP contribution is 2.19. The van der Waals surface area contributed by atoms with Crippen molar-refractivity contribution in [2.45, 2.75) is 5.16 Å². The van der Waals surface area contributed by atoms with Gasteiger partial charge in [-0.3, -0.25) is 0 Å². The molecule has 0 saturated heterocycles. The average Bonchev–Trinajstić information content (AvgIpc) is 3.36. The van der Waals surface area contributed by atoms with Gasteiger partial charge < -0.3 is 9.47 Å². The maximum Gasteiger partial charge on any atom is 0.349 e. The smallest absolute Gasteiger partial charge is 0.349 e. The van der Waals surface area contributed by atoms with Crippen molar-refractivity contribution in [3.63, 3.8) is 0 Å². The van der Waals surface area contributed by atoms with Crippen molar-refractivity contribution < 1.29 is 14.3 Å². The molecule has 2 aromatic heterocycles. The summed E-state index contributed by atoms with van der Waals surface area (Å²) in [5.41, 5.74) is 0.830. The Balaban J connectivity index is 1.50. The van der Waals surface area contributed by atoms with E-state index >= 15 is 0 Å². The molecule has 0 N–H and O–H groups in total. The Hall–Kier alpha value is -2.83. The van der Waals surface area contributed by atoms with Crippen LogP contribution in [0.5, 0.6) is 5.75 Å². The molecule has 0 saturated carbocycles. The van der Waals surface area contributed by atoms with Crippen LogP contribution in [0.15, 0.2) is 46.9 Å². The number of rotatable bonds is 6. The summed E-state index contributed by atoms with van der Waals surface area (Å²) in [6, 6.07) is 10.9. The van der Waals surface area contributed by atoms with Crippen LogP contribution in [-0.2, 0) is 4.74 Å². The van der Waals surface area contributed by atoms with E-state index in [4.69, 9.17) is 9.47 Å². The molecule has 0 radical (unpaired) electrons. The van der Waals surface area contributed by atoms with E-state index in [1.54, 1.807) is 23.9 Å². The second-order valence-corrected chi connectivity index (χ2v) is 6.66. The lowest BCUT2D eigenvalue weighted by atomic mass is 10.3. The van der Waals surface area contributed by atoms with E-state index in [-0.39, 0.29) is 12.6 Å². The van der Waals surface area contributed by atoms with E-state index in [0.717, 1.165) is 11.4 Å². The van der Waals surface area contributed by atoms with Crippen molar-refractivity contribution in [2.75, 3.05) is 19.5 Å². The fraction of sp³-hybridized carbons (Fsp3) is 0.176. The Kier molecular flexibility index (Phi) is 6.24. The fourth-order valence-corrected chi connectivity index (χ4v) is 3.20. The van der Waals surface area contributed by atoms with Gasteiger partial charge in [0.25, 0.3) is 0 Å². The van der Waals surface area contributed by atoms with Gasteiger partial charge in [-0.15, -0.1) is 16.4 Å². The second kappa shape index (κ2) is 9.03. The molecule has 0 aliphatic heterocycles. The van der Waals surface area contributed by atoms with Crippen LogP contribution in [-0.4, -0.2) is 45.6 Å². The fourth-order valence-electron chi connectivity index (χ4n) is 1.92. The second-order valence-electron chi connectivity index (χ2n) is 4.77. The van der Waals surface area contributed by atoms with Gasteiger partial charge in [-0.1, -0.05) is 29.7 Å². The van der Waals surface area contributed by atoms with Gasteiger partial charge in [-0.05, 0) is 46.1 Å². The summed E-state index contributed by atoms with van der Waals surface area (Å²) < 4.78 is 11.8. The minimum atomic E-state index is -0.356. The van der Waals surface area contributed by atoms with Gasteiger partial charge in [-0.2, -0.15) is 4.68 Å². The zero-order chi connectivity index (χ0) is 18.2. The summed E-state index contributed by atoms with van der Waals surface area (Å²) >= 11 is 2.74. The minimum Gasteiger partial charge on any atom is -0.497 e. The SMILES string of the molecule is COc1ccc(-n2nnnc2SCC#CCOC(=O)c2cccs2)cc1. The van der Waals surface area contributed by atoms with E-state index in [9.17, 15) is 4.79 Å². The van der Waals surface area contributed by atoms with Crippen molar-refractivity contribution in [3.8, 4) is 23.3 Å². The first-order chi connectivity index (χ1) is 12.8. The van der Waals surface area contributed by atoms with Crippen molar-refractivity contribution in [1.82, 2.24) is 20.2 Å². The van der Waals surface area contributed by atoms with Crippen LogP contribution < -0.4 is 4.74 Å². The molecule has 0 atom stereocenters. The Morgan fingerprint density at radius 3 is 2.85 bits per heavy atom. The number of ether oxygens (including phenoxy) is 2. The lowest BCUT2D eigenvalue weighted by Crippen LogP contribution is -2.02. The molecule has 132 valence electrons. The summed E-state index contributed by atoms with van der Waals surface area (Å²) in [7, 11) is 1.61. The molecule has 1 aromatic carbocycles. The number of carbonyl (C=O) groups is 1. The van der Waals surface area contributed by atoms with Crippen LogP contribution in [0.1, 0.15) is 9.67 Å².